The Morgan fingerprint density at radius 3 is 2.45 bits per heavy atom. The molecule has 1 aliphatic rings. The summed E-state index contributed by atoms with van der Waals surface area (Å²) in [6.07, 6.45) is -2.63. The molecule has 12 nitrogen and oxygen atoms in total. The van der Waals surface area contributed by atoms with E-state index in [0.717, 1.165) is 24.9 Å². The maximum Gasteiger partial charge on any atom is 0.453 e. The van der Waals surface area contributed by atoms with Crippen LogP contribution in [0.4, 0.5) is 24.9 Å². The lowest BCUT2D eigenvalue weighted by Gasteiger charge is -2.34. The summed E-state index contributed by atoms with van der Waals surface area (Å²) < 4.78 is 45.7. The van der Waals surface area contributed by atoms with Crippen LogP contribution < -0.4 is 26.8 Å². The number of benzene rings is 3. The fourth-order valence-electron chi connectivity index (χ4n) is 5.16. The number of nitrogens with one attached hydrogen (secondary N) is 2. The molecule has 2 atom stereocenters. The van der Waals surface area contributed by atoms with E-state index in [2.05, 4.69) is 53.5 Å². The van der Waals surface area contributed by atoms with Crippen molar-refractivity contribution in [1.29, 1.82) is 0 Å². The van der Waals surface area contributed by atoms with Crippen molar-refractivity contribution in [3.63, 3.8) is 0 Å². The predicted molar refractivity (Wildman–Crippen MR) is 186 cm³/mol. The van der Waals surface area contributed by atoms with Crippen molar-refractivity contribution in [2.75, 3.05) is 25.1 Å². The van der Waals surface area contributed by atoms with Gasteiger partial charge in [-0.05, 0) is 59.6 Å². The van der Waals surface area contributed by atoms with Gasteiger partial charge in [-0.1, -0.05) is 65.7 Å². The van der Waals surface area contributed by atoms with Crippen molar-refractivity contribution in [3.8, 4) is 22.7 Å². The molecule has 6 N–H and O–H groups in total. The van der Waals surface area contributed by atoms with Gasteiger partial charge in [-0.2, -0.15) is 22.8 Å². The van der Waals surface area contributed by atoms with Crippen molar-refractivity contribution in [3.05, 3.63) is 93.7 Å². The molecule has 1 saturated heterocycles. The van der Waals surface area contributed by atoms with E-state index in [-0.39, 0.29) is 54.4 Å². The van der Waals surface area contributed by atoms with Gasteiger partial charge < -0.3 is 26.8 Å². The highest BCUT2D eigenvalue weighted by atomic mass is 35.5. The summed E-state index contributed by atoms with van der Waals surface area (Å²) in [5.41, 5.74) is 14.1. The van der Waals surface area contributed by atoms with E-state index < -0.39 is 12.0 Å². The Hall–Kier alpha value is -3.99. The van der Waals surface area contributed by atoms with Gasteiger partial charge in [-0.25, -0.2) is 0 Å². The molecule has 262 valence electrons. The molecule has 5 aromatic rings. The molecule has 6 rings (SSSR count). The molecule has 0 bridgehead atoms. The molecule has 49 heavy (non-hydrogen) atoms. The number of hydrogen-bond acceptors (Lipinski definition) is 11. The second-order valence-electron chi connectivity index (χ2n) is 10.4. The molecule has 0 unspecified atom stereocenters. The zero-order valence-electron chi connectivity index (χ0n) is 25.7. The molecule has 0 radical (unpaired) electrons. The molecule has 3 aromatic carbocycles. The third-order valence-corrected chi connectivity index (χ3v) is 8.16. The van der Waals surface area contributed by atoms with Crippen molar-refractivity contribution in [2.24, 2.45) is 0 Å². The number of nitrogens with two attached hydrogens (primary N) is 2. The molecule has 2 aromatic heterocycles. The Balaban J connectivity index is 0.000000307. The van der Waals surface area contributed by atoms with Crippen LogP contribution in [0.1, 0.15) is 35.8 Å². The van der Waals surface area contributed by atoms with Gasteiger partial charge in [0.1, 0.15) is 11.4 Å². The summed E-state index contributed by atoms with van der Waals surface area (Å²) in [5, 5.41) is 25.2. The van der Waals surface area contributed by atoms with Gasteiger partial charge in [0.05, 0.1) is 22.8 Å². The number of nitrogens with zero attached hydrogens (tertiary/aromatic N) is 7. The fourth-order valence-corrected chi connectivity index (χ4v) is 5.55. The number of methoxy groups -OCH3 is 1. The summed E-state index contributed by atoms with van der Waals surface area (Å²) >= 11 is 11.9. The van der Waals surface area contributed by atoms with E-state index in [9.17, 15) is 13.2 Å². The van der Waals surface area contributed by atoms with Crippen LogP contribution in [0.15, 0.2) is 66.7 Å². The predicted octanol–water partition coefficient (Wildman–Crippen LogP) is 6.13. The first kappa shape index (κ1) is 39.4. The van der Waals surface area contributed by atoms with E-state index in [1.165, 1.54) is 18.7 Å². The summed E-state index contributed by atoms with van der Waals surface area (Å²) in [6.45, 7) is 1.37. The van der Waals surface area contributed by atoms with E-state index in [4.69, 9.17) is 39.4 Å². The Kier molecular flexibility index (Phi) is 14.2. The molecular formula is C30H32Cl4F3N11O. The third-order valence-electron chi connectivity index (χ3n) is 7.34. The lowest BCUT2D eigenvalue weighted by molar-refractivity contribution is -0.146. The van der Waals surface area contributed by atoms with E-state index in [0.29, 0.717) is 38.3 Å². The van der Waals surface area contributed by atoms with E-state index in [1.54, 1.807) is 30.3 Å². The number of alkyl halides is 3. The number of rotatable bonds is 7. The van der Waals surface area contributed by atoms with Crippen molar-refractivity contribution in [1.82, 2.24) is 46.0 Å². The highest BCUT2D eigenvalue weighted by Crippen LogP contribution is 2.34. The Labute approximate surface area is 301 Å². The minimum atomic E-state index is -4.65. The van der Waals surface area contributed by atoms with Gasteiger partial charge >= 0.3 is 6.18 Å². The van der Waals surface area contributed by atoms with E-state index >= 15 is 0 Å². The molecule has 0 amide bonds. The van der Waals surface area contributed by atoms with Gasteiger partial charge in [0, 0.05) is 29.8 Å². The highest BCUT2D eigenvalue weighted by molar-refractivity contribution is 6.43. The number of ether oxygens (including phenoxy) is 1. The monoisotopic (exact) mass is 759 g/mol. The van der Waals surface area contributed by atoms with Crippen LogP contribution in [0.25, 0.3) is 16.9 Å². The molecule has 0 spiro atoms. The maximum absolute atomic E-state index is 13.2. The summed E-state index contributed by atoms with van der Waals surface area (Å²) in [5.74, 6) is -0.411. The fraction of sp³-hybridized carbons (Fsp3) is 0.267. The number of nitrogen functional groups attached to an aromatic ring is 2. The second kappa shape index (κ2) is 17.6. The van der Waals surface area contributed by atoms with Crippen LogP contribution >= 0.6 is 48.0 Å². The normalized spacial score (nSPS) is 15.6. The summed E-state index contributed by atoms with van der Waals surface area (Å²) in [6, 6.07) is 20.4. The maximum atomic E-state index is 13.2. The minimum Gasteiger partial charge on any atom is -0.496 e. The van der Waals surface area contributed by atoms with Crippen LogP contribution in [0.5, 0.6) is 5.75 Å². The van der Waals surface area contributed by atoms with Gasteiger partial charge in [-0.15, -0.1) is 40.1 Å². The largest absolute Gasteiger partial charge is 0.496 e. The molecule has 19 heteroatoms. The molecule has 1 aliphatic heterocycles. The standard InChI is InChI=1S/C21H23F3N6O.C9H7Cl2N5.2ClH/c1-31-18-10-9-16(30-20(21(22,23)24)27-28-29-30)12-15(18)13-26-17-8-5-11-25-19(17)14-6-3-2-4-7-14;10-5-3-1-2-4(6(5)11)7-8(12)14-9(13)16-15-7;;/h2-4,6-7,9-10,12,17,19,25-26H,5,8,11,13H2,1H3;1-3H,(H4,12,13,14,16);2*1H/t17-,19-;;;/m0.../s1. The first-order chi connectivity index (χ1) is 22.6. The van der Waals surface area contributed by atoms with Gasteiger partial charge in [0.15, 0.2) is 5.82 Å². The van der Waals surface area contributed by atoms with Crippen molar-refractivity contribution < 1.29 is 17.9 Å². The van der Waals surface area contributed by atoms with E-state index in [1.807, 2.05) is 18.2 Å². The molecule has 0 saturated carbocycles. The lowest BCUT2D eigenvalue weighted by Crippen LogP contribution is -2.45. The van der Waals surface area contributed by atoms with Crippen LogP contribution in [0.2, 0.25) is 10.0 Å². The number of aromatic nitrogens is 7. The average Bonchev–Trinajstić information content (AvgIpc) is 3.58. The zero-order valence-corrected chi connectivity index (χ0v) is 28.9. The first-order valence-corrected chi connectivity index (χ1v) is 15.1. The van der Waals surface area contributed by atoms with Gasteiger partial charge in [-0.3, -0.25) is 0 Å². The van der Waals surface area contributed by atoms with Crippen molar-refractivity contribution in [2.45, 2.75) is 37.6 Å². The minimum absolute atomic E-state index is 0. The van der Waals surface area contributed by atoms with Crippen LogP contribution in [-0.4, -0.2) is 55.1 Å². The number of tetrazole rings is 1. The molecular weight excluding hydrogens is 729 g/mol. The van der Waals surface area contributed by atoms with Crippen LogP contribution in [0, 0.1) is 0 Å². The average molecular weight is 761 g/mol. The molecule has 1 fully saturated rings. The topological polar surface area (TPSA) is 168 Å². The number of piperidine rings is 1. The number of anilines is 2. The number of halogens is 7. The Bertz CT molecular complexity index is 1820. The molecule has 3 heterocycles. The van der Waals surface area contributed by atoms with Crippen LogP contribution in [-0.2, 0) is 12.7 Å². The third kappa shape index (κ3) is 9.59. The Morgan fingerprint density at radius 1 is 1.00 bits per heavy atom. The molecule has 0 aliphatic carbocycles. The number of hydrogen-bond donors (Lipinski definition) is 4. The van der Waals surface area contributed by atoms with Crippen molar-refractivity contribution >= 4 is 59.8 Å². The SMILES string of the molecule is COc1ccc(-n2nnnc2C(F)(F)F)cc1CN[C@H]1CCCN[C@H]1c1ccccc1.Cl.Cl.Nc1nnc(-c2cccc(Cl)c2Cl)c(N)n1. The van der Waals surface area contributed by atoms with Gasteiger partial charge in [0.2, 0.25) is 5.95 Å². The highest BCUT2D eigenvalue weighted by Gasteiger charge is 2.38. The lowest BCUT2D eigenvalue weighted by atomic mass is 9.92. The van der Waals surface area contributed by atoms with Gasteiger partial charge in [0.25, 0.3) is 5.82 Å². The van der Waals surface area contributed by atoms with Crippen LogP contribution in [0.3, 0.4) is 0 Å². The second-order valence-corrected chi connectivity index (χ2v) is 11.2. The Morgan fingerprint density at radius 2 is 1.76 bits per heavy atom. The summed E-state index contributed by atoms with van der Waals surface area (Å²) in [7, 11) is 1.53. The quantitative estimate of drug-likeness (QED) is 0.151. The smallest absolute Gasteiger partial charge is 0.453 e. The zero-order chi connectivity index (χ0) is 33.6. The first-order valence-electron chi connectivity index (χ1n) is 14.3. The summed E-state index contributed by atoms with van der Waals surface area (Å²) in [4.78, 5) is 3.80.